The van der Waals surface area contributed by atoms with E-state index in [1.807, 2.05) is 56.3 Å². The molecule has 0 unspecified atom stereocenters. The van der Waals surface area contributed by atoms with E-state index in [1.165, 1.54) is 11.8 Å². The lowest BCUT2D eigenvalue weighted by molar-refractivity contribution is -0.128. The van der Waals surface area contributed by atoms with Crippen molar-refractivity contribution >= 4 is 17.7 Å². The van der Waals surface area contributed by atoms with Crippen molar-refractivity contribution in [1.82, 2.24) is 25.1 Å². The summed E-state index contributed by atoms with van der Waals surface area (Å²) in [5.41, 5.74) is 4.04. The van der Waals surface area contributed by atoms with Crippen molar-refractivity contribution in [2.24, 2.45) is 0 Å². The van der Waals surface area contributed by atoms with Crippen molar-refractivity contribution in [2.45, 2.75) is 24.3 Å². The SMILES string of the molecule is Cc1ccc(C)c(-n2nnnc2S[C@@H](C(=O)N(C)C)c2ccccc2)c1. The molecule has 0 aliphatic carbocycles. The number of carbonyl (C=O) groups is 1. The lowest BCUT2D eigenvalue weighted by atomic mass is 10.1. The van der Waals surface area contributed by atoms with Gasteiger partial charge in [-0.3, -0.25) is 4.79 Å². The molecule has 7 heteroatoms. The van der Waals surface area contributed by atoms with Crippen molar-refractivity contribution < 1.29 is 4.79 Å². The van der Waals surface area contributed by atoms with E-state index in [-0.39, 0.29) is 5.91 Å². The van der Waals surface area contributed by atoms with Crippen LogP contribution in [-0.2, 0) is 4.79 Å². The molecule has 3 aromatic rings. The highest BCUT2D eigenvalue weighted by atomic mass is 32.2. The fourth-order valence-electron chi connectivity index (χ4n) is 2.58. The van der Waals surface area contributed by atoms with Gasteiger partial charge < -0.3 is 4.90 Å². The van der Waals surface area contributed by atoms with Gasteiger partial charge in [-0.2, -0.15) is 4.68 Å². The summed E-state index contributed by atoms with van der Waals surface area (Å²) >= 11 is 1.36. The van der Waals surface area contributed by atoms with Gasteiger partial charge in [0.1, 0.15) is 5.25 Å². The van der Waals surface area contributed by atoms with Crippen molar-refractivity contribution in [3.63, 3.8) is 0 Å². The fourth-order valence-corrected chi connectivity index (χ4v) is 3.71. The molecular formula is C19H21N5OS. The van der Waals surface area contributed by atoms with Gasteiger partial charge in [0.2, 0.25) is 11.1 Å². The van der Waals surface area contributed by atoms with Gasteiger partial charge in [0.05, 0.1) is 5.69 Å². The lowest BCUT2D eigenvalue weighted by Gasteiger charge is -2.20. The van der Waals surface area contributed by atoms with Gasteiger partial charge in [-0.05, 0) is 47.0 Å². The quantitative estimate of drug-likeness (QED) is 0.648. The van der Waals surface area contributed by atoms with E-state index in [9.17, 15) is 4.79 Å². The number of tetrazole rings is 1. The van der Waals surface area contributed by atoms with E-state index in [1.54, 1.807) is 23.7 Å². The van der Waals surface area contributed by atoms with Crippen LogP contribution in [0.3, 0.4) is 0 Å². The number of carbonyl (C=O) groups excluding carboxylic acids is 1. The zero-order chi connectivity index (χ0) is 18.7. The summed E-state index contributed by atoms with van der Waals surface area (Å²) in [5, 5.41) is 12.3. The number of hydrogen-bond acceptors (Lipinski definition) is 5. The number of aromatic nitrogens is 4. The highest BCUT2D eigenvalue weighted by molar-refractivity contribution is 8.00. The maximum Gasteiger partial charge on any atom is 0.240 e. The second kappa shape index (κ2) is 7.70. The van der Waals surface area contributed by atoms with E-state index in [2.05, 4.69) is 21.6 Å². The van der Waals surface area contributed by atoms with Crippen LogP contribution in [0.5, 0.6) is 0 Å². The average molecular weight is 367 g/mol. The highest BCUT2D eigenvalue weighted by Gasteiger charge is 2.26. The minimum Gasteiger partial charge on any atom is -0.348 e. The van der Waals surface area contributed by atoms with Crippen LogP contribution in [0.15, 0.2) is 53.7 Å². The third-order valence-electron chi connectivity index (χ3n) is 4.02. The summed E-state index contributed by atoms with van der Waals surface area (Å²) < 4.78 is 1.70. The number of nitrogens with zero attached hydrogens (tertiary/aromatic N) is 5. The molecule has 0 fully saturated rings. The number of likely N-dealkylation sites (N-methyl/N-ethyl adjacent to an activating group) is 1. The Labute approximate surface area is 157 Å². The number of hydrogen-bond donors (Lipinski definition) is 0. The largest absolute Gasteiger partial charge is 0.348 e. The average Bonchev–Trinajstić information content (AvgIpc) is 3.10. The second-order valence-electron chi connectivity index (χ2n) is 6.30. The Balaban J connectivity index is 2.00. The van der Waals surface area contributed by atoms with Crippen LogP contribution in [0.4, 0.5) is 0 Å². The molecule has 1 amide bonds. The smallest absolute Gasteiger partial charge is 0.240 e. The van der Waals surface area contributed by atoms with E-state index >= 15 is 0 Å². The molecule has 2 aromatic carbocycles. The second-order valence-corrected chi connectivity index (χ2v) is 7.38. The van der Waals surface area contributed by atoms with Gasteiger partial charge in [0.15, 0.2) is 0 Å². The van der Waals surface area contributed by atoms with Crippen LogP contribution in [0.2, 0.25) is 0 Å². The Kier molecular flexibility index (Phi) is 5.37. The van der Waals surface area contributed by atoms with E-state index in [0.717, 1.165) is 22.4 Å². The topological polar surface area (TPSA) is 63.9 Å². The number of amides is 1. The molecule has 0 N–H and O–H groups in total. The van der Waals surface area contributed by atoms with Crippen LogP contribution in [0.1, 0.15) is 21.9 Å². The zero-order valence-corrected chi connectivity index (χ0v) is 16.1. The molecule has 134 valence electrons. The molecule has 1 aromatic heterocycles. The Bertz CT molecular complexity index is 907. The lowest BCUT2D eigenvalue weighted by Crippen LogP contribution is -2.27. The summed E-state index contributed by atoms with van der Waals surface area (Å²) in [5.74, 6) is -0.00304. The fraction of sp³-hybridized carbons (Fsp3) is 0.263. The number of benzene rings is 2. The number of thioether (sulfide) groups is 1. The minimum atomic E-state index is -0.416. The van der Waals surface area contributed by atoms with Gasteiger partial charge in [0, 0.05) is 14.1 Å². The molecule has 3 rings (SSSR count). The third-order valence-corrected chi connectivity index (χ3v) is 5.20. The number of aryl methyl sites for hydroxylation is 2. The predicted molar refractivity (Wildman–Crippen MR) is 102 cm³/mol. The van der Waals surface area contributed by atoms with E-state index < -0.39 is 5.25 Å². The molecule has 0 saturated carbocycles. The maximum absolute atomic E-state index is 12.8. The molecule has 0 saturated heterocycles. The van der Waals surface area contributed by atoms with E-state index in [0.29, 0.717) is 5.16 Å². The first-order valence-electron chi connectivity index (χ1n) is 8.26. The van der Waals surface area contributed by atoms with Crippen molar-refractivity contribution in [2.75, 3.05) is 14.1 Å². The van der Waals surface area contributed by atoms with Crippen molar-refractivity contribution in [1.29, 1.82) is 0 Å². The van der Waals surface area contributed by atoms with Crippen LogP contribution >= 0.6 is 11.8 Å². The standard InChI is InChI=1S/C19H21N5OS/c1-13-10-11-14(2)16(12-13)24-19(20-21-22-24)26-17(18(25)23(3)4)15-8-6-5-7-9-15/h5-12,17H,1-4H3/t17-/m1/s1. The van der Waals surface area contributed by atoms with Crippen LogP contribution in [-0.4, -0.2) is 45.1 Å². The van der Waals surface area contributed by atoms with Crippen LogP contribution in [0, 0.1) is 13.8 Å². The molecule has 1 heterocycles. The molecule has 1 atom stereocenters. The molecule has 0 spiro atoms. The normalized spacial score (nSPS) is 12.0. The van der Waals surface area contributed by atoms with Gasteiger partial charge in [0.25, 0.3) is 0 Å². The Morgan fingerprint density at radius 3 is 2.54 bits per heavy atom. The van der Waals surface area contributed by atoms with Crippen molar-refractivity contribution in [3.8, 4) is 5.69 Å². The van der Waals surface area contributed by atoms with Crippen LogP contribution in [0.25, 0.3) is 5.69 Å². The Morgan fingerprint density at radius 1 is 1.12 bits per heavy atom. The first-order valence-corrected chi connectivity index (χ1v) is 9.14. The van der Waals surface area contributed by atoms with Gasteiger partial charge in [-0.15, -0.1) is 5.10 Å². The number of rotatable bonds is 5. The van der Waals surface area contributed by atoms with Crippen molar-refractivity contribution in [3.05, 3.63) is 65.2 Å². The summed E-state index contributed by atoms with van der Waals surface area (Å²) in [7, 11) is 3.51. The van der Waals surface area contributed by atoms with Gasteiger partial charge in [-0.1, -0.05) is 54.2 Å². The first-order chi connectivity index (χ1) is 12.5. The van der Waals surface area contributed by atoms with Gasteiger partial charge >= 0.3 is 0 Å². The predicted octanol–water partition coefficient (Wildman–Crippen LogP) is 3.20. The molecule has 0 bridgehead atoms. The summed E-state index contributed by atoms with van der Waals surface area (Å²) in [6, 6.07) is 15.8. The highest BCUT2D eigenvalue weighted by Crippen LogP contribution is 2.36. The molecule has 6 nitrogen and oxygen atoms in total. The zero-order valence-electron chi connectivity index (χ0n) is 15.2. The van der Waals surface area contributed by atoms with E-state index in [4.69, 9.17) is 0 Å². The van der Waals surface area contributed by atoms with Gasteiger partial charge in [-0.25, -0.2) is 0 Å². The third kappa shape index (κ3) is 3.77. The molecule has 0 aliphatic rings. The Morgan fingerprint density at radius 2 is 1.85 bits per heavy atom. The molecule has 26 heavy (non-hydrogen) atoms. The summed E-state index contributed by atoms with van der Waals surface area (Å²) in [6.07, 6.45) is 0. The molecule has 0 aliphatic heterocycles. The molecule has 0 radical (unpaired) electrons. The Hall–Kier alpha value is -2.67. The maximum atomic E-state index is 12.8. The summed E-state index contributed by atoms with van der Waals surface area (Å²) in [6.45, 7) is 4.05. The monoisotopic (exact) mass is 367 g/mol. The summed E-state index contributed by atoms with van der Waals surface area (Å²) in [4.78, 5) is 14.4. The first kappa shape index (κ1) is 18.1. The minimum absolute atomic E-state index is 0.00304. The van der Waals surface area contributed by atoms with Crippen LogP contribution < -0.4 is 0 Å². The molecular weight excluding hydrogens is 346 g/mol.